The summed E-state index contributed by atoms with van der Waals surface area (Å²) in [5, 5.41) is 13.4. The van der Waals surface area contributed by atoms with Crippen molar-refractivity contribution in [2.45, 2.75) is 58.8 Å². The Morgan fingerprint density at radius 3 is 2.38 bits per heavy atom. The average Bonchev–Trinajstić information content (AvgIpc) is 2.55. The lowest BCUT2D eigenvalue weighted by Crippen LogP contribution is -2.50. The van der Waals surface area contributed by atoms with Crippen LogP contribution in [0.5, 0.6) is 0 Å². The van der Waals surface area contributed by atoms with E-state index in [1.807, 2.05) is 76.9 Å². The highest BCUT2D eigenvalue weighted by Crippen LogP contribution is 2.11. The molecule has 2 N–H and O–H groups in total. The number of carbonyl (C=O) groups excluding carboxylic acids is 1. The molecule has 1 aromatic rings. The molecule has 5 heteroatoms. The quantitative estimate of drug-likeness (QED) is 0.692. The molecule has 148 valence electrons. The van der Waals surface area contributed by atoms with Crippen LogP contribution in [0.2, 0.25) is 0 Å². The second-order valence-electron chi connectivity index (χ2n) is 7.02. The fraction of sp³-hybridized carbons (Fsp3) is 0.571. The maximum absolute atomic E-state index is 12.1. The number of hydrogen-bond acceptors (Lipinski definition) is 4. The highest BCUT2D eigenvalue weighted by Gasteiger charge is 2.25. The fourth-order valence-corrected chi connectivity index (χ4v) is 2.35. The first-order valence-electron chi connectivity index (χ1n) is 9.22. The van der Waals surface area contributed by atoms with E-state index in [9.17, 15) is 9.90 Å². The van der Waals surface area contributed by atoms with Gasteiger partial charge in [-0.05, 0) is 39.8 Å². The van der Waals surface area contributed by atoms with Crippen molar-refractivity contribution in [3.05, 3.63) is 48.6 Å². The predicted molar refractivity (Wildman–Crippen MR) is 108 cm³/mol. The van der Waals surface area contributed by atoms with Crippen LogP contribution in [-0.2, 0) is 11.2 Å². The van der Waals surface area contributed by atoms with Crippen LogP contribution in [0.25, 0.3) is 0 Å². The summed E-state index contributed by atoms with van der Waals surface area (Å²) in [6.45, 7) is 14.2. The summed E-state index contributed by atoms with van der Waals surface area (Å²) in [6, 6.07) is 9.34. The molecule has 0 heterocycles. The molecule has 0 unspecified atom stereocenters. The number of likely N-dealkylation sites (N-methyl/N-ethyl adjacent to an activating group) is 1. The number of amides is 1. The van der Waals surface area contributed by atoms with Crippen LogP contribution in [0, 0.1) is 0 Å². The average molecular weight is 365 g/mol. The molecular formula is C21H36N2O3. The van der Waals surface area contributed by atoms with E-state index in [2.05, 4.69) is 11.9 Å². The minimum Gasteiger partial charge on any atom is -0.444 e. The summed E-state index contributed by atoms with van der Waals surface area (Å²) in [6.07, 6.45) is 1.07. The summed E-state index contributed by atoms with van der Waals surface area (Å²) in [5.74, 6) is 0. The fourth-order valence-electron chi connectivity index (χ4n) is 2.35. The summed E-state index contributed by atoms with van der Waals surface area (Å²) in [7, 11) is 1.90. The zero-order chi connectivity index (χ0) is 20.2. The maximum Gasteiger partial charge on any atom is 0.407 e. The Hall–Kier alpha value is -1.85. The molecule has 1 aromatic carbocycles. The number of ether oxygens (including phenoxy) is 1. The van der Waals surface area contributed by atoms with Gasteiger partial charge >= 0.3 is 6.09 Å². The van der Waals surface area contributed by atoms with Gasteiger partial charge in [0.25, 0.3) is 0 Å². The summed E-state index contributed by atoms with van der Waals surface area (Å²) in [4.78, 5) is 14.1. The molecule has 0 fully saturated rings. The van der Waals surface area contributed by atoms with Gasteiger partial charge in [-0.1, -0.05) is 50.3 Å². The third-order valence-corrected chi connectivity index (χ3v) is 3.40. The standard InChI is InChI=1S/C19H30N2O3.C2H6/c1-6-12-21(5)14-17(22)16(13-15-10-8-7-9-11-15)20-18(23)24-19(2,3)4;1-2/h6-11,16-17,22H,1,12-14H2,2-5H3,(H,20,23);1-2H3/t16-,17+;/m0./s1. The van der Waals surface area contributed by atoms with Crippen molar-refractivity contribution in [2.24, 2.45) is 0 Å². The van der Waals surface area contributed by atoms with Gasteiger partial charge in [-0.2, -0.15) is 0 Å². The van der Waals surface area contributed by atoms with Crippen molar-refractivity contribution in [2.75, 3.05) is 20.1 Å². The molecule has 0 aliphatic rings. The lowest BCUT2D eigenvalue weighted by atomic mass is 10.0. The minimum absolute atomic E-state index is 0.430. The van der Waals surface area contributed by atoms with E-state index >= 15 is 0 Å². The van der Waals surface area contributed by atoms with E-state index in [1.165, 1.54) is 0 Å². The number of carbonyl (C=O) groups is 1. The molecule has 0 aliphatic heterocycles. The van der Waals surface area contributed by atoms with Crippen molar-refractivity contribution in [3.63, 3.8) is 0 Å². The smallest absolute Gasteiger partial charge is 0.407 e. The first-order chi connectivity index (χ1) is 12.2. The molecule has 0 saturated heterocycles. The van der Waals surface area contributed by atoms with Crippen LogP contribution in [0.15, 0.2) is 43.0 Å². The Kier molecular flexibility index (Phi) is 11.6. The van der Waals surface area contributed by atoms with Gasteiger partial charge in [-0.3, -0.25) is 0 Å². The van der Waals surface area contributed by atoms with Gasteiger partial charge in [0, 0.05) is 13.1 Å². The van der Waals surface area contributed by atoms with Gasteiger partial charge in [-0.25, -0.2) is 4.79 Å². The Morgan fingerprint density at radius 1 is 1.31 bits per heavy atom. The van der Waals surface area contributed by atoms with E-state index < -0.39 is 23.8 Å². The molecular weight excluding hydrogens is 328 g/mol. The zero-order valence-corrected chi connectivity index (χ0v) is 17.2. The number of aliphatic hydroxyl groups excluding tert-OH is 1. The number of rotatable bonds is 8. The van der Waals surface area contributed by atoms with E-state index in [0.29, 0.717) is 19.5 Å². The Labute approximate surface area is 159 Å². The third-order valence-electron chi connectivity index (χ3n) is 3.40. The SMILES string of the molecule is C=CCN(C)C[C@@H](O)[C@H](Cc1ccccc1)NC(=O)OC(C)(C)C.CC. The van der Waals surface area contributed by atoms with Crippen molar-refractivity contribution in [1.82, 2.24) is 10.2 Å². The molecule has 0 radical (unpaired) electrons. The van der Waals surface area contributed by atoms with Crippen molar-refractivity contribution >= 4 is 6.09 Å². The van der Waals surface area contributed by atoms with E-state index in [0.717, 1.165) is 5.56 Å². The van der Waals surface area contributed by atoms with Gasteiger partial charge in [-0.15, -0.1) is 6.58 Å². The predicted octanol–water partition coefficient (Wildman–Crippen LogP) is 3.63. The molecule has 0 aliphatic carbocycles. The number of hydrogen-bond donors (Lipinski definition) is 2. The first-order valence-corrected chi connectivity index (χ1v) is 9.22. The van der Waals surface area contributed by atoms with Gasteiger partial charge in [0.15, 0.2) is 0 Å². The molecule has 2 atom stereocenters. The van der Waals surface area contributed by atoms with Crippen LogP contribution in [0.3, 0.4) is 0 Å². The Morgan fingerprint density at radius 2 is 1.88 bits per heavy atom. The van der Waals surface area contributed by atoms with Crippen LogP contribution in [-0.4, -0.2) is 54.0 Å². The second kappa shape index (κ2) is 12.5. The van der Waals surface area contributed by atoms with Crippen molar-refractivity contribution in [3.8, 4) is 0 Å². The first kappa shape index (κ1) is 24.1. The van der Waals surface area contributed by atoms with E-state index in [4.69, 9.17) is 4.74 Å². The second-order valence-corrected chi connectivity index (χ2v) is 7.02. The lowest BCUT2D eigenvalue weighted by Gasteiger charge is -2.29. The van der Waals surface area contributed by atoms with Gasteiger partial charge < -0.3 is 20.1 Å². The molecule has 1 rings (SSSR count). The number of nitrogens with one attached hydrogen (secondary N) is 1. The molecule has 0 aromatic heterocycles. The number of aliphatic hydroxyl groups is 1. The normalized spacial score (nSPS) is 13.2. The number of nitrogens with zero attached hydrogens (tertiary/aromatic N) is 1. The number of benzene rings is 1. The van der Waals surface area contributed by atoms with Gasteiger partial charge in [0.1, 0.15) is 5.60 Å². The summed E-state index contributed by atoms with van der Waals surface area (Å²) >= 11 is 0. The van der Waals surface area contributed by atoms with E-state index in [1.54, 1.807) is 6.08 Å². The minimum atomic E-state index is -0.720. The summed E-state index contributed by atoms with van der Waals surface area (Å²) in [5.41, 5.74) is 0.468. The maximum atomic E-state index is 12.1. The Balaban J connectivity index is 0.00000301. The molecule has 0 spiro atoms. The number of alkyl carbamates (subject to hydrolysis) is 1. The highest BCUT2D eigenvalue weighted by molar-refractivity contribution is 5.68. The van der Waals surface area contributed by atoms with Crippen LogP contribution in [0.4, 0.5) is 4.79 Å². The monoisotopic (exact) mass is 364 g/mol. The lowest BCUT2D eigenvalue weighted by molar-refractivity contribution is 0.0386. The molecule has 5 nitrogen and oxygen atoms in total. The summed E-state index contributed by atoms with van der Waals surface area (Å²) < 4.78 is 5.32. The van der Waals surface area contributed by atoms with Gasteiger partial charge in [0.2, 0.25) is 0 Å². The highest BCUT2D eigenvalue weighted by atomic mass is 16.6. The largest absolute Gasteiger partial charge is 0.444 e. The van der Waals surface area contributed by atoms with Crippen LogP contribution in [0.1, 0.15) is 40.2 Å². The van der Waals surface area contributed by atoms with Crippen LogP contribution < -0.4 is 5.32 Å². The molecule has 26 heavy (non-hydrogen) atoms. The Bertz CT molecular complexity index is 512. The third kappa shape index (κ3) is 10.9. The van der Waals surface area contributed by atoms with Crippen molar-refractivity contribution < 1.29 is 14.6 Å². The van der Waals surface area contributed by atoms with E-state index in [-0.39, 0.29) is 0 Å². The zero-order valence-electron chi connectivity index (χ0n) is 17.2. The topological polar surface area (TPSA) is 61.8 Å². The van der Waals surface area contributed by atoms with Crippen molar-refractivity contribution in [1.29, 1.82) is 0 Å². The molecule has 0 bridgehead atoms. The molecule has 0 saturated carbocycles. The molecule has 1 amide bonds. The van der Waals surface area contributed by atoms with Gasteiger partial charge in [0.05, 0.1) is 12.1 Å². The van der Waals surface area contributed by atoms with Crippen LogP contribution >= 0.6 is 0 Å².